The molecule has 4 atom stereocenters. The lowest BCUT2D eigenvalue weighted by atomic mass is 9.65. The summed E-state index contributed by atoms with van der Waals surface area (Å²) in [5.41, 5.74) is 6.34. The van der Waals surface area contributed by atoms with Crippen LogP contribution in [0.3, 0.4) is 0 Å². The fourth-order valence-electron chi connectivity index (χ4n) is 5.46. The number of halogens is 1. The summed E-state index contributed by atoms with van der Waals surface area (Å²) in [5, 5.41) is -0.398. The molecular formula is C18H33ClN2O3S. The highest BCUT2D eigenvalue weighted by atomic mass is 35.5. The summed E-state index contributed by atoms with van der Waals surface area (Å²) in [6.07, 6.45) is 10.0. The summed E-state index contributed by atoms with van der Waals surface area (Å²) >= 11 is 0. The first kappa shape index (κ1) is 21.0. The molecule has 3 aliphatic carbocycles. The lowest BCUT2D eigenvalue weighted by Gasteiger charge is -2.45. The fraction of sp³-hybridized carbons (Fsp3) is 0.944. The van der Waals surface area contributed by atoms with Gasteiger partial charge in [0.15, 0.2) is 9.84 Å². The van der Waals surface area contributed by atoms with Gasteiger partial charge in [-0.2, -0.15) is 0 Å². The van der Waals surface area contributed by atoms with E-state index >= 15 is 0 Å². The van der Waals surface area contributed by atoms with E-state index in [2.05, 4.69) is 0 Å². The van der Waals surface area contributed by atoms with Crippen molar-refractivity contribution in [2.75, 3.05) is 13.3 Å². The van der Waals surface area contributed by atoms with Gasteiger partial charge in [-0.1, -0.05) is 19.3 Å². The maximum Gasteiger partial charge on any atom is 0.225 e. The van der Waals surface area contributed by atoms with Gasteiger partial charge < -0.3 is 10.6 Å². The van der Waals surface area contributed by atoms with Gasteiger partial charge in [-0.3, -0.25) is 4.79 Å². The second-order valence-electron chi connectivity index (χ2n) is 8.37. The first-order chi connectivity index (χ1) is 11.3. The van der Waals surface area contributed by atoms with Gasteiger partial charge >= 0.3 is 0 Å². The third-order valence-corrected chi connectivity index (χ3v) is 8.47. The SMILES string of the molecule is CN(C(=O)C1CC2CCCC(C1)C2N)C1CCCCC1S(C)(=O)=O.Cl. The number of hydrogen-bond acceptors (Lipinski definition) is 4. The predicted octanol–water partition coefficient (Wildman–Crippen LogP) is 2.38. The molecule has 0 spiro atoms. The summed E-state index contributed by atoms with van der Waals surface area (Å²) in [4.78, 5) is 14.9. The summed E-state index contributed by atoms with van der Waals surface area (Å²) < 4.78 is 24.3. The standard InChI is InChI=1S/C18H32N2O3S.ClH/c1-20(15-8-3-4-9-16(15)24(2,22)23)18(21)14-10-12-6-5-7-13(11-14)17(12)19;/h12-17H,3-11,19H2,1-2H3;1H. The molecule has 7 heteroatoms. The van der Waals surface area contributed by atoms with E-state index in [1.165, 1.54) is 12.7 Å². The smallest absolute Gasteiger partial charge is 0.225 e. The van der Waals surface area contributed by atoms with Crippen LogP contribution in [-0.4, -0.2) is 49.9 Å². The molecule has 1 amide bonds. The molecule has 0 aromatic rings. The number of nitrogens with two attached hydrogens (primary N) is 1. The Morgan fingerprint density at radius 1 is 1.00 bits per heavy atom. The van der Waals surface area contributed by atoms with Crippen molar-refractivity contribution in [1.29, 1.82) is 0 Å². The Balaban J connectivity index is 0.00000225. The molecule has 0 radical (unpaired) electrons. The van der Waals surface area contributed by atoms with Gasteiger partial charge in [0.05, 0.1) is 5.25 Å². The topological polar surface area (TPSA) is 80.5 Å². The van der Waals surface area contributed by atoms with Gasteiger partial charge in [-0.15, -0.1) is 12.4 Å². The molecule has 0 saturated heterocycles. The Bertz CT molecular complexity index is 569. The van der Waals surface area contributed by atoms with Crippen LogP contribution in [0.2, 0.25) is 0 Å². The highest BCUT2D eigenvalue weighted by Crippen LogP contribution is 2.43. The third kappa shape index (κ3) is 4.33. The summed E-state index contributed by atoms with van der Waals surface area (Å²) in [7, 11) is -1.30. The van der Waals surface area contributed by atoms with Gasteiger partial charge in [0.25, 0.3) is 0 Å². The average Bonchev–Trinajstić information content (AvgIpc) is 2.52. The number of rotatable bonds is 3. The first-order valence-corrected chi connectivity index (χ1v) is 11.5. The van der Waals surface area contributed by atoms with Crippen LogP contribution in [0.25, 0.3) is 0 Å². The quantitative estimate of drug-likeness (QED) is 0.799. The Kier molecular flexibility index (Phi) is 6.83. The van der Waals surface area contributed by atoms with Crippen LogP contribution in [0.15, 0.2) is 0 Å². The first-order valence-electron chi connectivity index (χ1n) is 9.50. The molecule has 3 rings (SSSR count). The lowest BCUT2D eigenvalue weighted by molar-refractivity contribution is -0.139. The van der Waals surface area contributed by atoms with Gasteiger partial charge in [-0.25, -0.2) is 8.42 Å². The monoisotopic (exact) mass is 392 g/mol. The molecule has 0 aromatic heterocycles. The number of carbonyl (C=O) groups is 1. The molecule has 25 heavy (non-hydrogen) atoms. The second-order valence-corrected chi connectivity index (χ2v) is 10.6. The van der Waals surface area contributed by atoms with Crippen molar-refractivity contribution in [3.63, 3.8) is 0 Å². The molecule has 3 fully saturated rings. The number of hydrogen-bond donors (Lipinski definition) is 1. The molecule has 3 aliphatic rings. The van der Waals surface area contributed by atoms with Gasteiger partial charge in [0.1, 0.15) is 0 Å². The van der Waals surface area contributed by atoms with E-state index in [1.807, 2.05) is 7.05 Å². The maximum atomic E-state index is 13.1. The molecule has 0 aliphatic heterocycles. The molecule has 2 bridgehead atoms. The summed E-state index contributed by atoms with van der Waals surface area (Å²) in [6.45, 7) is 0. The molecule has 4 unspecified atom stereocenters. The number of amides is 1. The molecule has 0 aromatic carbocycles. The van der Waals surface area contributed by atoms with Crippen molar-refractivity contribution >= 4 is 28.2 Å². The Labute approximate surface area is 158 Å². The Morgan fingerprint density at radius 2 is 1.56 bits per heavy atom. The Hall–Kier alpha value is -0.330. The van der Waals surface area contributed by atoms with Gasteiger partial charge in [-0.05, 0) is 50.4 Å². The molecule has 3 saturated carbocycles. The molecule has 146 valence electrons. The Morgan fingerprint density at radius 3 is 2.12 bits per heavy atom. The van der Waals surface area contributed by atoms with Crippen LogP contribution in [0.1, 0.15) is 57.8 Å². The van der Waals surface area contributed by atoms with Crippen LogP contribution >= 0.6 is 12.4 Å². The number of sulfone groups is 1. The average molecular weight is 393 g/mol. The minimum Gasteiger partial charge on any atom is -0.341 e. The summed E-state index contributed by atoms with van der Waals surface area (Å²) in [6, 6.07) is 0.100. The second kappa shape index (κ2) is 8.13. The van der Waals surface area contributed by atoms with Gasteiger partial charge in [0.2, 0.25) is 5.91 Å². The van der Waals surface area contributed by atoms with Crippen molar-refractivity contribution in [3.05, 3.63) is 0 Å². The predicted molar refractivity (Wildman–Crippen MR) is 102 cm³/mol. The van der Waals surface area contributed by atoms with E-state index in [9.17, 15) is 13.2 Å². The minimum atomic E-state index is -3.12. The van der Waals surface area contributed by atoms with E-state index in [-0.39, 0.29) is 36.3 Å². The zero-order valence-corrected chi connectivity index (χ0v) is 17.0. The molecule has 5 nitrogen and oxygen atoms in total. The van der Waals surface area contributed by atoms with E-state index in [0.29, 0.717) is 18.3 Å². The third-order valence-electron chi connectivity index (χ3n) is 6.82. The number of nitrogens with zero attached hydrogens (tertiary/aromatic N) is 1. The van der Waals surface area contributed by atoms with Crippen LogP contribution in [0.4, 0.5) is 0 Å². The maximum absolute atomic E-state index is 13.1. The van der Waals surface area contributed by atoms with Gasteiger partial charge in [0, 0.05) is 31.3 Å². The zero-order chi connectivity index (χ0) is 17.5. The highest BCUT2D eigenvalue weighted by Gasteiger charge is 2.43. The van der Waals surface area contributed by atoms with Crippen LogP contribution in [0, 0.1) is 17.8 Å². The normalized spacial score (nSPS) is 38.5. The molecule has 0 heterocycles. The van der Waals surface area contributed by atoms with Crippen LogP contribution < -0.4 is 5.73 Å². The largest absolute Gasteiger partial charge is 0.341 e. The highest BCUT2D eigenvalue weighted by molar-refractivity contribution is 7.91. The number of fused-ring (bicyclic) bond motifs is 2. The van der Waals surface area contributed by atoms with Crippen molar-refractivity contribution < 1.29 is 13.2 Å². The van der Waals surface area contributed by atoms with E-state index < -0.39 is 15.1 Å². The molecular weight excluding hydrogens is 360 g/mol. The zero-order valence-electron chi connectivity index (χ0n) is 15.4. The number of carbonyl (C=O) groups excluding carboxylic acids is 1. The van der Waals surface area contributed by atoms with Crippen molar-refractivity contribution in [3.8, 4) is 0 Å². The van der Waals surface area contributed by atoms with E-state index in [1.54, 1.807) is 4.90 Å². The minimum absolute atomic E-state index is 0. The van der Waals surface area contributed by atoms with Crippen LogP contribution in [-0.2, 0) is 14.6 Å². The lowest BCUT2D eigenvalue weighted by Crippen LogP contribution is -2.53. The van der Waals surface area contributed by atoms with Crippen molar-refractivity contribution in [2.45, 2.75) is 75.1 Å². The van der Waals surface area contributed by atoms with E-state index in [4.69, 9.17) is 5.73 Å². The van der Waals surface area contributed by atoms with Crippen molar-refractivity contribution in [1.82, 2.24) is 4.90 Å². The van der Waals surface area contributed by atoms with Crippen molar-refractivity contribution in [2.24, 2.45) is 23.5 Å². The summed E-state index contributed by atoms with van der Waals surface area (Å²) in [5.74, 6) is 1.13. The van der Waals surface area contributed by atoms with Crippen LogP contribution in [0.5, 0.6) is 0 Å². The van der Waals surface area contributed by atoms with E-state index in [0.717, 1.165) is 44.9 Å². The fourth-order valence-corrected chi connectivity index (χ4v) is 6.95. The molecule has 2 N–H and O–H groups in total.